The van der Waals surface area contributed by atoms with Gasteiger partial charge in [-0.2, -0.15) is 0 Å². The molecule has 1 spiro atoms. The number of piperidine rings is 1. The summed E-state index contributed by atoms with van der Waals surface area (Å²) in [6.07, 6.45) is 2.20. The van der Waals surface area contributed by atoms with Crippen LogP contribution in [0, 0.1) is 12.3 Å². The zero-order chi connectivity index (χ0) is 17.5. The van der Waals surface area contributed by atoms with E-state index in [0.717, 1.165) is 12.4 Å². The maximum Gasteiger partial charge on any atom is 0.257 e. The number of rotatable bonds is 3. The molecule has 2 saturated heterocycles. The number of pyridine rings is 1. The third-order valence-electron chi connectivity index (χ3n) is 5.55. The van der Waals surface area contributed by atoms with Crippen LogP contribution in [0.3, 0.4) is 0 Å². The van der Waals surface area contributed by atoms with Gasteiger partial charge in [0.15, 0.2) is 0 Å². The molecule has 0 amide bonds. The molecule has 0 aliphatic carbocycles. The summed E-state index contributed by atoms with van der Waals surface area (Å²) < 4.78 is 29.8. The fraction of sp³-hybridized carbons (Fsp3) is 0.526. The van der Waals surface area contributed by atoms with Crippen molar-refractivity contribution in [1.29, 1.82) is 0 Å². The number of hydrogen-bond donors (Lipinski definition) is 0. The van der Waals surface area contributed by atoms with Gasteiger partial charge in [-0.15, -0.1) is 11.3 Å². The van der Waals surface area contributed by atoms with Gasteiger partial charge in [0.1, 0.15) is 5.82 Å². The number of alkyl halides is 2. The molecule has 25 heavy (non-hydrogen) atoms. The minimum absolute atomic E-state index is 0.0482. The summed E-state index contributed by atoms with van der Waals surface area (Å²) in [5, 5.41) is 0. The van der Waals surface area contributed by atoms with Gasteiger partial charge < -0.3 is 4.90 Å². The Labute approximate surface area is 151 Å². The summed E-state index contributed by atoms with van der Waals surface area (Å²) in [5.74, 6) is -1.81. The number of hydrogen-bond acceptors (Lipinski definition) is 4. The molecule has 2 fully saturated rings. The van der Waals surface area contributed by atoms with Crippen molar-refractivity contribution in [3.63, 3.8) is 0 Å². The molecule has 0 bridgehead atoms. The number of likely N-dealkylation sites (tertiary alicyclic amines) is 1. The van der Waals surface area contributed by atoms with Gasteiger partial charge in [-0.25, -0.2) is 13.8 Å². The highest BCUT2D eigenvalue weighted by atomic mass is 32.1. The molecular formula is C19H23F2N3S. The van der Waals surface area contributed by atoms with E-state index >= 15 is 0 Å². The zero-order valence-corrected chi connectivity index (χ0v) is 15.2. The summed E-state index contributed by atoms with van der Waals surface area (Å²) in [4.78, 5) is 11.1. The van der Waals surface area contributed by atoms with Crippen molar-refractivity contribution in [2.45, 2.75) is 32.2 Å². The van der Waals surface area contributed by atoms with Crippen LogP contribution in [0.1, 0.15) is 22.6 Å². The maximum absolute atomic E-state index is 14.9. The monoisotopic (exact) mass is 363 g/mol. The Morgan fingerprint density at radius 1 is 1.12 bits per heavy atom. The van der Waals surface area contributed by atoms with Crippen LogP contribution in [0.5, 0.6) is 0 Å². The van der Waals surface area contributed by atoms with Gasteiger partial charge in [0.05, 0.1) is 5.41 Å². The largest absolute Gasteiger partial charge is 0.356 e. The topological polar surface area (TPSA) is 19.4 Å². The molecule has 0 unspecified atom stereocenters. The Morgan fingerprint density at radius 2 is 2.00 bits per heavy atom. The molecule has 0 saturated carbocycles. The number of thiophene rings is 1. The van der Waals surface area contributed by atoms with E-state index in [1.807, 2.05) is 23.1 Å². The summed E-state index contributed by atoms with van der Waals surface area (Å²) in [7, 11) is 0. The van der Waals surface area contributed by atoms with Crippen LogP contribution in [0.25, 0.3) is 0 Å². The van der Waals surface area contributed by atoms with Crippen molar-refractivity contribution >= 4 is 17.2 Å². The van der Waals surface area contributed by atoms with E-state index in [4.69, 9.17) is 0 Å². The molecule has 0 radical (unpaired) electrons. The Morgan fingerprint density at radius 3 is 2.72 bits per heavy atom. The van der Waals surface area contributed by atoms with Crippen LogP contribution in [-0.2, 0) is 6.54 Å². The van der Waals surface area contributed by atoms with E-state index in [2.05, 4.69) is 28.9 Å². The van der Waals surface area contributed by atoms with Gasteiger partial charge >= 0.3 is 0 Å². The summed E-state index contributed by atoms with van der Waals surface area (Å²) in [6.45, 7) is 4.83. The molecule has 4 rings (SSSR count). The Kier molecular flexibility index (Phi) is 4.28. The SMILES string of the molecule is Cc1ccc(CN2CCC(F)(F)[C@]3(CCN(c4ccccn4)C3)C2)s1. The molecule has 2 aromatic heterocycles. The van der Waals surface area contributed by atoms with E-state index in [1.165, 1.54) is 9.75 Å². The Hall–Kier alpha value is -1.53. The lowest BCUT2D eigenvalue weighted by atomic mass is 9.75. The molecule has 2 aliphatic heterocycles. The Balaban J connectivity index is 1.52. The Bertz CT molecular complexity index is 733. The van der Waals surface area contributed by atoms with E-state index in [9.17, 15) is 8.78 Å². The van der Waals surface area contributed by atoms with Crippen LogP contribution in [0.15, 0.2) is 36.5 Å². The highest BCUT2D eigenvalue weighted by Crippen LogP contribution is 2.50. The first-order valence-electron chi connectivity index (χ1n) is 8.79. The zero-order valence-electron chi connectivity index (χ0n) is 14.4. The fourth-order valence-corrected chi connectivity index (χ4v) is 5.08. The normalized spacial score (nSPS) is 26.4. The van der Waals surface area contributed by atoms with E-state index in [1.54, 1.807) is 17.5 Å². The molecule has 134 valence electrons. The number of aryl methyl sites for hydroxylation is 1. The van der Waals surface area contributed by atoms with Crippen molar-refractivity contribution in [2.75, 3.05) is 31.1 Å². The van der Waals surface area contributed by atoms with Crippen molar-refractivity contribution in [3.8, 4) is 0 Å². The van der Waals surface area contributed by atoms with Crippen LogP contribution in [0.4, 0.5) is 14.6 Å². The molecule has 2 aliphatic rings. The highest BCUT2D eigenvalue weighted by Gasteiger charge is 2.59. The predicted octanol–water partition coefficient (Wildman–Crippen LogP) is 4.19. The maximum atomic E-state index is 14.9. The van der Waals surface area contributed by atoms with E-state index in [0.29, 0.717) is 32.6 Å². The van der Waals surface area contributed by atoms with Crippen LogP contribution in [0.2, 0.25) is 0 Å². The van der Waals surface area contributed by atoms with Crippen molar-refractivity contribution in [1.82, 2.24) is 9.88 Å². The molecular weight excluding hydrogens is 340 g/mol. The smallest absolute Gasteiger partial charge is 0.257 e. The third-order valence-corrected chi connectivity index (χ3v) is 6.53. The van der Waals surface area contributed by atoms with Crippen LogP contribution < -0.4 is 4.90 Å². The minimum Gasteiger partial charge on any atom is -0.356 e. The molecule has 3 nitrogen and oxygen atoms in total. The molecule has 2 aromatic rings. The lowest BCUT2D eigenvalue weighted by Crippen LogP contribution is -2.56. The number of halogens is 2. The molecule has 0 N–H and O–H groups in total. The van der Waals surface area contributed by atoms with Crippen LogP contribution >= 0.6 is 11.3 Å². The van der Waals surface area contributed by atoms with Crippen molar-refractivity contribution in [2.24, 2.45) is 5.41 Å². The molecule has 4 heterocycles. The first kappa shape index (κ1) is 16.9. The van der Waals surface area contributed by atoms with Gasteiger partial charge in [-0.3, -0.25) is 4.90 Å². The fourth-order valence-electron chi connectivity index (χ4n) is 4.15. The quantitative estimate of drug-likeness (QED) is 0.815. The molecule has 0 aromatic carbocycles. The second kappa shape index (κ2) is 6.32. The van der Waals surface area contributed by atoms with Gasteiger partial charge in [-0.05, 0) is 37.6 Å². The number of nitrogens with zero attached hydrogens (tertiary/aromatic N) is 3. The first-order valence-corrected chi connectivity index (χ1v) is 9.61. The number of aromatic nitrogens is 1. The van der Waals surface area contributed by atoms with Crippen molar-refractivity contribution in [3.05, 3.63) is 46.3 Å². The standard InChI is InChI=1S/C19H23F2N3S/c1-15-5-6-16(25-15)12-23-10-8-19(20,21)18(13-23)7-11-24(14-18)17-4-2-3-9-22-17/h2-6,9H,7-8,10-14H2,1H3/t18-/m1/s1. The molecule has 6 heteroatoms. The average Bonchev–Trinajstić information content (AvgIpc) is 3.20. The second-order valence-electron chi connectivity index (χ2n) is 7.32. The minimum atomic E-state index is -2.61. The van der Waals surface area contributed by atoms with Gasteiger partial charge in [0.25, 0.3) is 5.92 Å². The lowest BCUT2D eigenvalue weighted by Gasteiger charge is -2.45. The van der Waals surface area contributed by atoms with Gasteiger partial charge in [0.2, 0.25) is 0 Å². The van der Waals surface area contributed by atoms with E-state index < -0.39 is 11.3 Å². The lowest BCUT2D eigenvalue weighted by molar-refractivity contribution is -0.158. The van der Waals surface area contributed by atoms with Crippen molar-refractivity contribution < 1.29 is 8.78 Å². The third kappa shape index (κ3) is 3.17. The van der Waals surface area contributed by atoms with E-state index in [-0.39, 0.29) is 6.42 Å². The first-order chi connectivity index (χ1) is 12.0. The average molecular weight is 363 g/mol. The second-order valence-corrected chi connectivity index (χ2v) is 8.69. The predicted molar refractivity (Wildman–Crippen MR) is 97.4 cm³/mol. The summed E-state index contributed by atoms with van der Waals surface area (Å²) in [5.41, 5.74) is -0.963. The van der Waals surface area contributed by atoms with Gasteiger partial charge in [0, 0.05) is 55.1 Å². The van der Waals surface area contributed by atoms with Crippen LogP contribution in [-0.4, -0.2) is 42.0 Å². The summed E-state index contributed by atoms with van der Waals surface area (Å²) in [6, 6.07) is 9.90. The highest BCUT2D eigenvalue weighted by molar-refractivity contribution is 7.11. The van der Waals surface area contributed by atoms with Gasteiger partial charge in [-0.1, -0.05) is 6.07 Å². The number of anilines is 1. The summed E-state index contributed by atoms with van der Waals surface area (Å²) >= 11 is 1.76. The molecule has 1 atom stereocenters.